The molecule has 0 radical (unpaired) electrons. The van der Waals surface area contributed by atoms with E-state index < -0.39 is 6.09 Å². The van der Waals surface area contributed by atoms with Crippen LogP contribution in [0.2, 0.25) is 0 Å². The van der Waals surface area contributed by atoms with E-state index in [1.807, 2.05) is 30.3 Å². The summed E-state index contributed by atoms with van der Waals surface area (Å²) in [5, 5.41) is 2.79. The molecule has 3 rings (SSSR count). The maximum absolute atomic E-state index is 11.4. The molecule has 0 bridgehead atoms. The van der Waals surface area contributed by atoms with Gasteiger partial charge in [-0.1, -0.05) is 24.3 Å². The zero-order valence-electron chi connectivity index (χ0n) is 11.8. The van der Waals surface area contributed by atoms with Crippen LogP contribution in [0.5, 0.6) is 0 Å². The van der Waals surface area contributed by atoms with Gasteiger partial charge in [0.25, 0.3) is 0 Å². The van der Waals surface area contributed by atoms with Crippen LogP contribution in [0.25, 0.3) is 11.1 Å². The van der Waals surface area contributed by atoms with Crippen LogP contribution < -0.4 is 11.1 Å². The number of rotatable bonds is 3. The number of anilines is 1. The lowest BCUT2D eigenvalue weighted by molar-refractivity contribution is -0.116. The van der Waals surface area contributed by atoms with E-state index in [0.717, 1.165) is 22.3 Å². The number of hydrogen-bond acceptors (Lipinski definition) is 4. The summed E-state index contributed by atoms with van der Waals surface area (Å²) in [6.45, 7) is 0.153. The quantitative estimate of drug-likeness (QED) is 0.908. The maximum Gasteiger partial charge on any atom is 0.404 e. The third-order valence-corrected chi connectivity index (χ3v) is 3.56. The Morgan fingerprint density at radius 1 is 1.23 bits per heavy atom. The number of carbonyl (C=O) groups is 2. The zero-order valence-corrected chi connectivity index (χ0v) is 11.8. The Morgan fingerprint density at radius 3 is 2.73 bits per heavy atom. The van der Waals surface area contributed by atoms with Gasteiger partial charge < -0.3 is 15.8 Å². The molecule has 1 aromatic heterocycles. The number of pyridine rings is 1. The van der Waals surface area contributed by atoms with E-state index in [1.165, 1.54) is 0 Å². The third kappa shape index (κ3) is 2.90. The summed E-state index contributed by atoms with van der Waals surface area (Å²) in [4.78, 5) is 26.3. The zero-order chi connectivity index (χ0) is 15.5. The van der Waals surface area contributed by atoms with Crippen molar-refractivity contribution in [1.29, 1.82) is 0 Å². The molecular formula is C16H15N3O3. The summed E-state index contributed by atoms with van der Waals surface area (Å²) in [7, 11) is 0. The lowest BCUT2D eigenvalue weighted by atomic mass is 9.95. The molecule has 2 heterocycles. The predicted octanol–water partition coefficient (Wildman–Crippen LogP) is 2.23. The summed E-state index contributed by atoms with van der Waals surface area (Å²) >= 11 is 0. The minimum atomic E-state index is -0.789. The number of amides is 2. The van der Waals surface area contributed by atoms with Gasteiger partial charge in [-0.05, 0) is 29.2 Å². The number of nitrogens with one attached hydrogen (secondary N) is 1. The standard InChI is InChI=1S/C16H15N3O3/c17-16(21)22-9-10-1-3-11(4-2-10)12-7-8-18-15-13(12)5-6-14(20)19-15/h1-4,7-8H,5-6,9H2,(H2,17,21)(H,18,19,20). The van der Waals surface area contributed by atoms with Crippen molar-refractivity contribution in [3.05, 3.63) is 47.7 Å². The van der Waals surface area contributed by atoms with Crippen molar-refractivity contribution >= 4 is 17.8 Å². The molecule has 112 valence electrons. The monoisotopic (exact) mass is 297 g/mol. The van der Waals surface area contributed by atoms with Crippen LogP contribution in [0.3, 0.4) is 0 Å². The minimum absolute atomic E-state index is 0.00361. The van der Waals surface area contributed by atoms with E-state index in [2.05, 4.69) is 10.3 Å². The molecule has 0 atom stereocenters. The molecule has 2 aromatic rings. The first-order valence-corrected chi connectivity index (χ1v) is 6.93. The molecule has 22 heavy (non-hydrogen) atoms. The summed E-state index contributed by atoms with van der Waals surface area (Å²) in [5.41, 5.74) is 8.92. The van der Waals surface area contributed by atoms with Crippen molar-refractivity contribution < 1.29 is 14.3 Å². The maximum atomic E-state index is 11.4. The molecule has 1 aliphatic heterocycles. The van der Waals surface area contributed by atoms with Crippen molar-refractivity contribution in [2.75, 3.05) is 5.32 Å². The van der Waals surface area contributed by atoms with Crippen molar-refractivity contribution in [3.63, 3.8) is 0 Å². The molecule has 3 N–H and O–H groups in total. The minimum Gasteiger partial charge on any atom is -0.445 e. The van der Waals surface area contributed by atoms with Crippen molar-refractivity contribution in [3.8, 4) is 11.1 Å². The largest absolute Gasteiger partial charge is 0.445 e. The number of carbonyl (C=O) groups excluding carboxylic acids is 2. The number of aromatic nitrogens is 1. The second-order valence-electron chi connectivity index (χ2n) is 5.04. The van der Waals surface area contributed by atoms with Crippen LogP contribution in [-0.4, -0.2) is 17.0 Å². The highest BCUT2D eigenvalue weighted by atomic mass is 16.5. The molecule has 0 saturated heterocycles. The lowest BCUT2D eigenvalue weighted by Gasteiger charge is -2.19. The Bertz CT molecular complexity index is 726. The Balaban J connectivity index is 1.87. The van der Waals surface area contributed by atoms with Crippen LogP contribution >= 0.6 is 0 Å². The molecule has 0 saturated carbocycles. The first-order valence-electron chi connectivity index (χ1n) is 6.93. The van der Waals surface area contributed by atoms with E-state index in [1.54, 1.807) is 6.20 Å². The van der Waals surface area contributed by atoms with Crippen molar-refractivity contribution in [2.24, 2.45) is 5.73 Å². The SMILES string of the molecule is NC(=O)OCc1ccc(-c2ccnc3c2CCC(=O)N3)cc1. The number of benzene rings is 1. The van der Waals surface area contributed by atoms with Gasteiger partial charge >= 0.3 is 6.09 Å². The third-order valence-electron chi connectivity index (χ3n) is 3.56. The second kappa shape index (κ2) is 5.85. The smallest absolute Gasteiger partial charge is 0.404 e. The lowest BCUT2D eigenvalue weighted by Crippen LogP contribution is -2.20. The predicted molar refractivity (Wildman–Crippen MR) is 81.0 cm³/mol. The number of primary amides is 1. The van der Waals surface area contributed by atoms with Crippen LogP contribution in [0, 0.1) is 0 Å². The second-order valence-corrected chi connectivity index (χ2v) is 5.04. The first kappa shape index (κ1) is 14.1. The van der Waals surface area contributed by atoms with E-state index >= 15 is 0 Å². The van der Waals surface area contributed by atoms with Crippen molar-refractivity contribution in [1.82, 2.24) is 4.98 Å². The highest BCUT2D eigenvalue weighted by molar-refractivity contribution is 5.94. The van der Waals surface area contributed by atoms with Crippen LogP contribution in [0.15, 0.2) is 36.5 Å². The molecule has 1 aliphatic rings. The molecule has 0 spiro atoms. The average molecular weight is 297 g/mol. The summed E-state index contributed by atoms with van der Waals surface area (Å²) in [5.74, 6) is 0.631. The number of hydrogen-bond donors (Lipinski definition) is 2. The summed E-state index contributed by atoms with van der Waals surface area (Å²) < 4.78 is 4.76. The first-order chi connectivity index (χ1) is 10.6. The van der Waals surface area contributed by atoms with E-state index in [0.29, 0.717) is 18.7 Å². The molecule has 2 amide bonds. The van der Waals surface area contributed by atoms with Gasteiger partial charge in [-0.15, -0.1) is 0 Å². The van der Waals surface area contributed by atoms with Gasteiger partial charge in [-0.25, -0.2) is 9.78 Å². The van der Waals surface area contributed by atoms with Gasteiger partial charge in [0.1, 0.15) is 12.4 Å². The van der Waals surface area contributed by atoms with E-state index in [9.17, 15) is 9.59 Å². The Morgan fingerprint density at radius 2 is 2.00 bits per heavy atom. The van der Waals surface area contributed by atoms with Crippen molar-refractivity contribution in [2.45, 2.75) is 19.4 Å². The fourth-order valence-corrected chi connectivity index (χ4v) is 2.49. The van der Waals surface area contributed by atoms with Gasteiger partial charge in [0, 0.05) is 18.2 Å². The average Bonchev–Trinajstić information content (AvgIpc) is 2.52. The highest BCUT2D eigenvalue weighted by Crippen LogP contribution is 2.31. The van der Waals surface area contributed by atoms with Gasteiger partial charge in [-0.3, -0.25) is 4.79 Å². The molecule has 0 fully saturated rings. The fraction of sp³-hybridized carbons (Fsp3) is 0.188. The fourth-order valence-electron chi connectivity index (χ4n) is 2.49. The van der Waals surface area contributed by atoms with Crippen LogP contribution in [0.1, 0.15) is 17.5 Å². The molecule has 0 unspecified atom stereocenters. The molecule has 1 aromatic carbocycles. The van der Waals surface area contributed by atoms with Gasteiger partial charge in [0.15, 0.2) is 0 Å². The summed E-state index contributed by atoms with van der Waals surface area (Å²) in [6, 6.07) is 9.60. The molecule has 6 nitrogen and oxygen atoms in total. The topological polar surface area (TPSA) is 94.3 Å². The van der Waals surface area contributed by atoms with Gasteiger partial charge in [-0.2, -0.15) is 0 Å². The van der Waals surface area contributed by atoms with Gasteiger partial charge in [0.05, 0.1) is 0 Å². The van der Waals surface area contributed by atoms with Gasteiger partial charge in [0.2, 0.25) is 5.91 Å². The number of nitrogens with zero attached hydrogens (tertiary/aromatic N) is 1. The van der Waals surface area contributed by atoms with Crippen LogP contribution in [0.4, 0.5) is 10.6 Å². The van der Waals surface area contributed by atoms with Crippen LogP contribution in [-0.2, 0) is 22.6 Å². The Hall–Kier alpha value is -2.89. The molecule has 0 aliphatic carbocycles. The number of fused-ring (bicyclic) bond motifs is 1. The Labute approximate surface area is 127 Å². The molecule has 6 heteroatoms. The number of nitrogens with two attached hydrogens (primary N) is 1. The Kier molecular flexibility index (Phi) is 3.74. The highest BCUT2D eigenvalue weighted by Gasteiger charge is 2.19. The summed E-state index contributed by atoms with van der Waals surface area (Å²) in [6.07, 6.45) is 2.04. The molecular weight excluding hydrogens is 282 g/mol. The van der Waals surface area contributed by atoms with E-state index in [4.69, 9.17) is 10.5 Å². The number of ether oxygens (including phenoxy) is 1. The van der Waals surface area contributed by atoms with E-state index in [-0.39, 0.29) is 12.5 Å². The normalized spacial score (nSPS) is 13.2.